The van der Waals surface area contributed by atoms with Crippen LogP contribution in [0.3, 0.4) is 0 Å². The molecular weight excluding hydrogens is 486 g/mol. The van der Waals surface area contributed by atoms with Gasteiger partial charge < -0.3 is 4.57 Å². The Labute approximate surface area is 189 Å². The van der Waals surface area contributed by atoms with Crippen LogP contribution in [0.2, 0.25) is 0 Å². The Balaban J connectivity index is 1.90. The summed E-state index contributed by atoms with van der Waals surface area (Å²) in [5.74, 6) is -0.407. The van der Waals surface area contributed by atoms with Gasteiger partial charge in [0, 0.05) is 30.2 Å². The maximum absolute atomic E-state index is 12.8. The summed E-state index contributed by atoms with van der Waals surface area (Å²) in [6.45, 7) is 4.76. The number of halogens is 1. The van der Waals surface area contributed by atoms with Gasteiger partial charge in [-0.05, 0) is 58.7 Å². The zero-order valence-corrected chi connectivity index (χ0v) is 20.3. The molecule has 0 saturated carbocycles. The van der Waals surface area contributed by atoms with Crippen molar-refractivity contribution < 1.29 is 13.2 Å². The quantitative estimate of drug-likeness (QED) is 0.468. The molecule has 0 aliphatic carbocycles. The molecule has 30 heavy (non-hydrogen) atoms. The molecule has 1 aromatic heterocycles. The van der Waals surface area contributed by atoms with Crippen LogP contribution in [0.15, 0.2) is 56.8 Å². The second kappa shape index (κ2) is 9.55. The fourth-order valence-electron chi connectivity index (χ4n) is 3.12. The van der Waals surface area contributed by atoms with Gasteiger partial charge in [0.2, 0.25) is 10.0 Å². The van der Waals surface area contributed by atoms with Gasteiger partial charge in [-0.15, -0.1) is 0 Å². The minimum absolute atomic E-state index is 0.188. The van der Waals surface area contributed by atoms with E-state index in [1.807, 2.05) is 43.7 Å². The van der Waals surface area contributed by atoms with Crippen molar-refractivity contribution in [3.8, 4) is 0 Å². The van der Waals surface area contributed by atoms with E-state index in [0.29, 0.717) is 23.5 Å². The number of sulfonamides is 1. The molecule has 160 valence electrons. The first-order valence-electron chi connectivity index (χ1n) is 9.73. The van der Waals surface area contributed by atoms with Gasteiger partial charge in [-0.25, -0.2) is 8.42 Å². The highest BCUT2D eigenvalue weighted by molar-refractivity contribution is 9.10. The lowest BCUT2D eigenvalue weighted by Crippen LogP contribution is -2.31. The second-order valence-electron chi connectivity index (χ2n) is 6.82. The van der Waals surface area contributed by atoms with Gasteiger partial charge in [0.05, 0.1) is 15.1 Å². The summed E-state index contributed by atoms with van der Waals surface area (Å²) in [6, 6.07) is 11.9. The highest BCUT2D eigenvalue weighted by Gasteiger charge is 2.22. The second-order valence-corrected chi connectivity index (χ2v) is 10.6. The average molecular weight is 510 g/mol. The number of thiazole rings is 1. The molecule has 0 unspecified atom stereocenters. The third kappa shape index (κ3) is 4.59. The van der Waals surface area contributed by atoms with Gasteiger partial charge >= 0.3 is 0 Å². The molecule has 0 N–H and O–H groups in total. The number of aryl methyl sites for hydroxylation is 1. The van der Waals surface area contributed by atoms with Crippen LogP contribution < -0.4 is 4.80 Å². The maximum Gasteiger partial charge on any atom is 0.279 e. The van der Waals surface area contributed by atoms with E-state index in [-0.39, 0.29) is 4.90 Å². The standard InChI is InChI=1S/C21H24BrN3O3S2/c1-4-6-14-25(5-2)30(27,28)16-12-10-15(11-13-16)20(26)23-21-24(3)19-17(22)8-7-9-18(19)29-21/h7-13H,4-6,14H2,1-3H3. The fourth-order valence-corrected chi connectivity index (χ4v) is 6.41. The van der Waals surface area contributed by atoms with Crippen molar-refractivity contribution in [1.29, 1.82) is 0 Å². The summed E-state index contributed by atoms with van der Waals surface area (Å²) in [4.78, 5) is 17.7. The summed E-state index contributed by atoms with van der Waals surface area (Å²) >= 11 is 4.96. The van der Waals surface area contributed by atoms with Crippen LogP contribution in [0, 0.1) is 0 Å². The summed E-state index contributed by atoms with van der Waals surface area (Å²) in [5.41, 5.74) is 1.32. The summed E-state index contributed by atoms with van der Waals surface area (Å²) < 4.78 is 30.9. The molecule has 1 amide bonds. The Morgan fingerprint density at radius 1 is 1.17 bits per heavy atom. The van der Waals surface area contributed by atoms with E-state index in [1.54, 1.807) is 0 Å². The Kier molecular flexibility index (Phi) is 7.28. The van der Waals surface area contributed by atoms with E-state index in [9.17, 15) is 13.2 Å². The summed E-state index contributed by atoms with van der Waals surface area (Å²) in [6.07, 6.45) is 1.73. The molecule has 0 atom stereocenters. The average Bonchev–Trinajstić information content (AvgIpc) is 3.05. The zero-order chi connectivity index (χ0) is 21.9. The van der Waals surface area contributed by atoms with E-state index in [0.717, 1.165) is 27.5 Å². The first-order chi connectivity index (χ1) is 14.3. The number of rotatable bonds is 7. The van der Waals surface area contributed by atoms with Crippen molar-refractivity contribution >= 4 is 53.4 Å². The monoisotopic (exact) mass is 509 g/mol. The molecule has 0 aliphatic heterocycles. The number of aromatic nitrogens is 1. The first-order valence-corrected chi connectivity index (χ1v) is 12.8. The van der Waals surface area contributed by atoms with Crippen LogP contribution in [0.5, 0.6) is 0 Å². The van der Waals surface area contributed by atoms with Crippen molar-refractivity contribution in [3.63, 3.8) is 0 Å². The summed E-state index contributed by atoms with van der Waals surface area (Å²) in [5, 5.41) is 0. The molecule has 0 fully saturated rings. The first kappa shape index (κ1) is 22.9. The largest absolute Gasteiger partial charge is 0.318 e. The van der Waals surface area contributed by atoms with E-state index in [2.05, 4.69) is 20.9 Å². The molecule has 1 heterocycles. The van der Waals surface area contributed by atoms with Crippen LogP contribution in [0.1, 0.15) is 37.0 Å². The highest BCUT2D eigenvalue weighted by Crippen LogP contribution is 2.25. The number of unbranched alkanes of at least 4 members (excludes halogenated alkanes) is 1. The van der Waals surface area contributed by atoms with Gasteiger partial charge in [-0.2, -0.15) is 9.30 Å². The van der Waals surface area contributed by atoms with E-state index in [4.69, 9.17) is 0 Å². The molecule has 0 spiro atoms. The minimum atomic E-state index is -3.57. The van der Waals surface area contributed by atoms with Crippen molar-refractivity contribution in [2.24, 2.45) is 12.0 Å². The van der Waals surface area contributed by atoms with E-state index < -0.39 is 15.9 Å². The normalized spacial score (nSPS) is 12.8. The molecule has 0 aliphatic rings. The summed E-state index contributed by atoms with van der Waals surface area (Å²) in [7, 11) is -1.71. The Bertz CT molecular complexity index is 1230. The van der Waals surface area contributed by atoms with Crippen molar-refractivity contribution in [2.45, 2.75) is 31.6 Å². The van der Waals surface area contributed by atoms with Crippen LogP contribution in [-0.4, -0.2) is 36.3 Å². The van der Waals surface area contributed by atoms with Crippen molar-refractivity contribution in [2.75, 3.05) is 13.1 Å². The Morgan fingerprint density at radius 3 is 2.47 bits per heavy atom. The van der Waals surface area contributed by atoms with Gasteiger partial charge in [0.15, 0.2) is 4.80 Å². The van der Waals surface area contributed by atoms with Crippen molar-refractivity contribution in [1.82, 2.24) is 8.87 Å². The lowest BCUT2D eigenvalue weighted by Gasteiger charge is -2.20. The highest BCUT2D eigenvalue weighted by atomic mass is 79.9. The minimum Gasteiger partial charge on any atom is -0.318 e. The molecule has 0 radical (unpaired) electrons. The molecule has 9 heteroatoms. The Morgan fingerprint density at radius 2 is 1.87 bits per heavy atom. The fraction of sp³-hybridized carbons (Fsp3) is 0.333. The maximum atomic E-state index is 12.8. The molecule has 0 saturated heterocycles. The number of fused-ring (bicyclic) bond motifs is 1. The predicted molar refractivity (Wildman–Crippen MR) is 124 cm³/mol. The third-order valence-electron chi connectivity index (χ3n) is 4.82. The van der Waals surface area contributed by atoms with Crippen LogP contribution in [-0.2, 0) is 17.1 Å². The molecule has 3 aromatic rings. The van der Waals surface area contributed by atoms with Crippen molar-refractivity contribution in [3.05, 3.63) is 57.3 Å². The van der Waals surface area contributed by atoms with Gasteiger partial charge in [-0.3, -0.25) is 4.79 Å². The smallest absolute Gasteiger partial charge is 0.279 e. The predicted octanol–water partition coefficient (Wildman–Crippen LogP) is 4.55. The third-order valence-corrected chi connectivity index (χ3v) is 8.55. The number of nitrogens with zero attached hydrogens (tertiary/aromatic N) is 3. The van der Waals surface area contributed by atoms with E-state index in [1.165, 1.54) is 39.9 Å². The van der Waals surface area contributed by atoms with Gasteiger partial charge in [0.1, 0.15) is 0 Å². The number of amides is 1. The molecule has 6 nitrogen and oxygen atoms in total. The molecule has 0 bridgehead atoms. The van der Waals surface area contributed by atoms with E-state index >= 15 is 0 Å². The molecular formula is C21H24BrN3O3S2. The lowest BCUT2D eigenvalue weighted by molar-refractivity contribution is 0.0998. The van der Waals surface area contributed by atoms with Crippen LogP contribution >= 0.6 is 27.3 Å². The zero-order valence-electron chi connectivity index (χ0n) is 17.1. The van der Waals surface area contributed by atoms with Crippen LogP contribution in [0.25, 0.3) is 10.2 Å². The number of para-hydroxylation sites is 1. The number of benzene rings is 2. The number of hydrogen-bond donors (Lipinski definition) is 0. The number of carbonyl (C=O) groups is 1. The molecule has 2 aromatic carbocycles. The van der Waals surface area contributed by atoms with Gasteiger partial charge in [0.25, 0.3) is 5.91 Å². The van der Waals surface area contributed by atoms with Gasteiger partial charge in [-0.1, -0.05) is 37.7 Å². The molecule has 3 rings (SSSR count). The topological polar surface area (TPSA) is 71.7 Å². The number of carbonyl (C=O) groups excluding carboxylic acids is 1. The lowest BCUT2D eigenvalue weighted by atomic mass is 10.2. The van der Waals surface area contributed by atoms with Crippen LogP contribution in [0.4, 0.5) is 0 Å². The SMILES string of the molecule is CCCCN(CC)S(=O)(=O)c1ccc(C(=O)N=c2sc3cccc(Br)c3n2C)cc1. The number of hydrogen-bond acceptors (Lipinski definition) is 4. The Hall–Kier alpha value is -1.81.